The molecule has 148 valence electrons. The Morgan fingerprint density at radius 1 is 1.15 bits per heavy atom. The predicted octanol–water partition coefficient (Wildman–Crippen LogP) is 3.91. The van der Waals surface area contributed by atoms with E-state index in [4.69, 9.17) is 4.99 Å². The maximum absolute atomic E-state index is 4.76. The van der Waals surface area contributed by atoms with Crippen LogP contribution in [0.3, 0.4) is 0 Å². The van der Waals surface area contributed by atoms with Gasteiger partial charge in [0.25, 0.3) is 0 Å². The number of rotatable bonds is 7. The molecule has 0 amide bonds. The molecule has 0 aliphatic heterocycles. The van der Waals surface area contributed by atoms with E-state index in [9.17, 15) is 0 Å². The Hall–Kier alpha value is -1.64. The maximum atomic E-state index is 4.76. The first kappa shape index (κ1) is 21.7. The lowest BCUT2D eigenvalue weighted by Crippen LogP contribution is -2.42. The Kier molecular flexibility index (Phi) is 8.53. The summed E-state index contributed by atoms with van der Waals surface area (Å²) < 4.78 is 1.75. The van der Waals surface area contributed by atoms with Crippen molar-refractivity contribution >= 4 is 29.9 Å². The average Bonchev–Trinajstić information content (AvgIpc) is 3.37. The Morgan fingerprint density at radius 2 is 1.89 bits per heavy atom. The first-order valence-corrected chi connectivity index (χ1v) is 9.71. The summed E-state index contributed by atoms with van der Waals surface area (Å²) in [5.41, 5.74) is 2.64. The number of aliphatic imine (C=N–C) groups is 1. The third-order valence-corrected chi connectivity index (χ3v) is 5.43. The number of benzene rings is 1. The van der Waals surface area contributed by atoms with E-state index in [1.54, 1.807) is 17.3 Å². The summed E-state index contributed by atoms with van der Waals surface area (Å²) >= 11 is 0. The Labute approximate surface area is 179 Å². The second kappa shape index (κ2) is 10.6. The molecule has 1 fully saturated rings. The number of hydrogen-bond donors (Lipinski definition) is 2. The van der Waals surface area contributed by atoms with Gasteiger partial charge in [0.15, 0.2) is 5.96 Å². The van der Waals surface area contributed by atoms with Crippen molar-refractivity contribution in [3.63, 3.8) is 0 Å². The van der Waals surface area contributed by atoms with E-state index in [1.165, 1.54) is 37.7 Å². The standard InChI is InChI=1S/C20H30N6.HI/c1-3-20(11-5-6-12-20)14-24-19(22-4-2)23-13-17-7-9-18(10-8-17)26-16-21-15-25-26;/h7-10,15-16H,3-6,11-14H2,1-2H3,(H2,22,23,24);1H. The molecule has 0 radical (unpaired) electrons. The third kappa shape index (κ3) is 5.92. The quantitative estimate of drug-likeness (QED) is 0.357. The van der Waals surface area contributed by atoms with Gasteiger partial charge in [0, 0.05) is 13.1 Å². The molecule has 1 aliphatic rings. The van der Waals surface area contributed by atoms with Crippen molar-refractivity contribution in [3.05, 3.63) is 42.5 Å². The number of aromatic nitrogens is 3. The highest BCUT2D eigenvalue weighted by atomic mass is 127. The van der Waals surface area contributed by atoms with Crippen LogP contribution in [0.4, 0.5) is 0 Å². The molecule has 0 saturated heterocycles. The number of guanidine groups is 1. The molecule has 2 N–H and O–H groups in total. The van der Waals surface area contributed by atoms with Crippen LogP contribution in [0.1, 0.15) is 51.5 Å². The molecule has 0 bridgehead atoms. The van der Waals surface area contributed by atoms with Gasteiger partial charge in [0.2, 0.25) is 0 Å². The summed E-state index contributed by atoms with van der Waals surface area (Å²) in [7, 11) is 0. The monoisotopic (exact) mass is 482 g/mol. The fourth-order valence-electron chi connectivity index (χ4n) is 3.66. The minimum Gasteiger partial charge on any atom is -0.357 e. The van der Waals surface area contributed by atoms with E-state index in [0.29, 0.717) is 12.0 Å². The van der Waals surface area contributed by atoms with E-state index >= 15 is 0 Å². The molecule has 1 saturated carbocycles. The van der Waals surface area contributed by atoms with Crippen molar-refractivity contribution in [2.75, 3.05) is 13.1 Å². The van der Waals surface area contributed by atoms with E-state index in [1.807, 2.05) is 12.1 Å². The van der Waals surface area contributed by atoms with Gasteiger partial charge in [-0.05, 0) is 49.3 Å². The minimum absolute atomic E-state index is 0. The zero-order valence-electron chi connectivity index (χ0n) is 16.3. The van der Waals surface area contributed by atoms with Crippen molar-refractivity contribution < 1.29 is 0 Å². The van der Waals surface area contributed by atoms with Crippen LogP contribution in [0, 0.1) is 5.41 Å². The highest BCUT2D eigenvalue weighted by molar-refractivity contribution is 14.0. The van der Waals surface area contributed by atoms with Gasteiger partial charge in [0.05, 0.1) is 12.2 Å². The molecule has 1 aliphatic carbocycles. The van der Waals surface area contributed by atoms with E-state index in [0.717, 1.165) is 24.7 Å². The van der Waals surface area contributed by atoms with Gasteiger partial charge in [-0.1, -0.05) is 31.9 Å². The molecule has 1 heterocycles. The molecule has 0 unspecified atom stereocenters. The van der Waals surface area contributed by atoms with Crippen LogP contribution in [0.15, 0.2) is 41.9 Å². The molecule has 6 nitrogen and oxygen atoms in total. The fraction of sp³-hybridized carbons (Fsp3) is 0.550. The summed E-state index contributed by atoms with van der Waals surface area (Å²) in [6.07, 6.45) is 9.87. The molecule has 0 atom stereocenters. The number of hydrogen-bond acceptors (Lipinski definition) is 3. The Bertz CT molecular complexity index is 690. The smallest absolute Gasteiger partial charge is 0.191 e. The second-order valence-electron chi connectivity index (χ2n) is 7.12. The molecular weight excluding hydrogens is 451 g/mol. The number of nitrogens with zero attached hydrogens (tertiary/aromatic N) is 4. The van der Waals surface area contributed by atoms with Gasteiger partial charge in [-0.3, -0.25) is 0 Å². The zero-order chi connectivity index (χ0) is 18.2. The van der Waals surface area contributed by atoms with E-state index in [2.05, 4.69) is 46.7 Å². The van der Waals surface area contributed by atoms with E-state index in [-0.39, 0.29) is 24.0 Å². The van der Waals surface area contributed by atoms with Crippen LogP contribution >= 0.6 is 24.0 Å². The topological polar surface area (TPSA) is 67.1 Å². The summed E-state index contributed by atoms with van der Waals surface area (Å²) in [4.78, 5) is 8.74. The van der Waals surface area contributed by atoms with Crippen molar-refractivity contribution in [3.8, 4) is 5.69 Å². The summed E-state index contributed by atoms with van der Waals surface area (Å²) in [6, 6.07) is 8.28. The van der Waals surface area contributed by atoms with Crippen LogP contribution in [-0.4, -0.2) is 33.8 Å². The van der Waals surface area contributed by atoms with Gasteiger partial charge in [-0.15, -0.1) is 24.0 Å². The van der Waals surface area contributed by atoms with Gasteiger partial charge < -0.3 is 10.6 Å². The molecule has 2 aromatic rings. The average molecular weight is 482 g/mol. The molecule has 3 rings (SSSR count). The van der Waals surface area contributed by atoms with Gasteiger partial charge in [-0.25, -0.2) is 14.7 Å². The SMILES string of the molecule is CCNC(=NCc1ccc(-n2cncn2)cc1)NCC1(CC)CCCC1.I. The number of halogens is 1. The van der Waals surface area contributed by atoms with Crippen LogP contribution in [0.25, 0.3) is 5.69 Å². The van der Waals surface area contributed by atoms with Crippen molar-refractivity contribution in [2.24, 2.45) is 10.4 Å². The molecular formula is C20H31IN6. The Morgan fingerprint density at radius 3 is 2.48 bits per heavy atom. The highest BCUT2D eigenvalue weighted by Crippen LogP contribution is 2.40. The first-order valence-electron chi connectivity index (χ1n) is 9.71. The molecule has 1 aromatic carbocycles. The number of nitrogens with one attached hydrogen (secondary N) is 2. The van der Waals surface area contributed by atoms with Gasteiger partial charge in [-0.2, -0.15) is 5.10 Å². The maximum Gasteiger partial charge on any atom is 0.191 e. The second-order valence-corrected chi connectivity index (χ2v) is 7.12. The lowest BCUT2D eigenvalue weighted by atomic mass is 9.83. The van der Waals surface area contributed by atoms with E-state index < -0.39 is 0 Å². The fourth-order valence-corrected chi connectivity index (χ4v) is 3.66. The van der Waals surface area contributed by atoms with Crippen LogP contribution in [0.2, 0.25) is 0 Å². The van der Waals surface area contributed by atoms with Crippen LogP contribution in [0.5, 0.6) is 0 Å². The Balaban J connectivity index is 0.00000261. The predicted molar refractivity (Wildman–Crippen MR) is 121 cm³/mol. The zero-order valence-corrected chi connectivity index (χ0v) is 18.6. The molecule has 7 heteroatoms. The first-order chi connectivity index (χ1) is 12.7. The normalized spacial score (nSPS) is 16.0. The lowest BCUT2D eigenvalue weighted by Gasteiger charge is -2.28. The highest BCUT2D eigenvalue weighted by Gasteiger charge is 2.31. The van der Waals surface area contributed by atoms with Gasteiger partial charge in [0.1, 0.15) is 12.7 Å². The van der Waals surface area contributed by atoms with Crippen LogP contribution in [-0.2, 0) is 6.54 Å². The van der Waals surface area contributed by atoms with Crippen molar-refractivity contribution in [2.45, 2.75) is 52.5 Å². The molecule has 1 aromatic heterocycles. The lowest BCUT2D eigenvalue weighted by molar-refractivity contribution is 0.283. The van der Waals surface area contributed by atoms with Crippen molar-refractivity contribution in [1.29, 1.82) is 0 Å². The summed E-state index contributed by atoms with van der Waals surface area (Å²) in [5.74, 6) is 0.910. The van der Waals surface area contributed by atoms with Gasteiger partial charge >= 0.3 is 0 Å². The summed E-state index contributed by atoms with van der Waals surface area (Å²) in [5, 5.41) is 11.1. The largest absolute Gasteiger partial charge is 0.357 e. The summed E-state index contributed by atoms with van der Waals surface area (Å²) in [6.45, 7) is 6.96. The molecule has 27 heavy (non-hydrogen) atoms. The molecule has 0 spiro atoms. The van der Waals surface area contributed by atoms with Crippen molar-refractivity contribution in [1.82, 2.24) is 25.4 Å². The minimum atomic E-state index is 0. The van der Waals surface area contributed by atoms with Crippen LogP contribution < -0.4 is 10.6 Å². The third-order valence-electron chi connectivity index (χ3n) is 5.43.